The largest absolute Gasteiger partial charge is 0.481 e. The Kier molecular flexibility index (Phi) is 4.81. The third-order valence-corrected chi connectivity index (χ3v) is 4.42. The molecule has 110 valence electrons. The molecule has 0 spiro atoms. The molecule has 2 saturated heterocycles. The minimum Gasteiger partial charge on any atom is -0.481 e. The second kappa shape index (κ2) is 6.20. The zero-order chi connectivity index (χ0) is 13.9. The van der Waals surface area contributed by atoms with E-state index in [2.05, 4.69) is 23.8 Å². The maximum atomic E-state index is 11.5. The molecule has 2 atom stereocenters. The van der Waals surface area contributed by atoms with E-state index in [-0.39, 0.29) is 6.10 Å². The Morgan fingerprint density at radius 1 is 1.47 bits per heavy atom. The normalized spacial score (nSPS) is 33.7. The van der Waals surface area contributed by atoms with E-state index in [0.29, 0.717) is 6.54 Å². The molecule has 5 nitrogen and oxygen atoms in total. The first-order chi connectivity index (χ1) is 9.05. The van der Waals surface area contributed by atoms with E-state index in [1.165, 1.54) is 0 Å². The summed E-state index contributed by atoms with van der Waals surface area (Å²) in [6, 6.07) is 0. The molecule has 5 heteroatoms. The fourth-order valence-electron chi connectivity index (χ4n) is 3.34. The topological polar surface area (TPSA) is 53.0 Å². The first-order valence-corrected chi connectivity index (χ1v) is 7.31. The minimum atomic E-state index is -0.626. The number of hydrogen-bond donors (Lipinski definition) is 1. The number of morpholine rings is 1. The molecule has 0 radical (unpaired) electrons. The van der Waals surface area contributed by atoms with Crippen molar-refractivity contribution in [2.45, 2.75) is 32.3 Å². The summed E-state index contributed by atoms with van der Waals surface area (Å²) in [5.41, 5.74) is -0.519. The van der Waals surface area contributed by atoms with Crippen LogP contribution in [0.3, 0.4) is 0 Å². The summed E-state index contributed by atoms with van der Waals surface area (Å²) in [6.45, 7) is 7.22. The summed E-state index contributed by atoms with van der Waals surface area (Å²) in [7, 11) is 2.11. The van der Waals surface area contributed by atoms with Gasteiger partial charge >= 0.3 is 5.97 Å². The van der Waals surface area contributed by atoms with Crippen LogP contribution in [-0.2, 0) is 9.53 Å². The van der Waals surface area contributed by atoms with Crippen molar-refractivity contribution in [2.75, 3.05) is 46.4 Å². The summed E-state index contributed by atoms with van der Waals surface area (Å²) in [5, 5.41) is 9.49. The lowest BCUT2D eigenvalue weighted by atomic mass is 9.83. The van der Waals surface area contributed by atoms with Crippen LogP contribution in [0.4, 0.5) is 0 Å². The van der Waals surface area contributed by atoms with Gasteiger partial charge in [-0.25, -0.2) is 0 Å². The lowest BCUT2D eigenvalue weighted by molar-refractivity contribution is -0.148. The highest BCUT2D eigenvalue weighted by Crippen LogP contribution is 2.35. The van der Waals surface area contributed by atoms with Gasteiger partial charge in [-0.2, -0.15) is 0 Å². The number of carbonyl (C=O) groups is 1. The Balaban J connectivity index is 1.88. The molecule has 2 unspecified atom stereocenters. The van der Waals surface area contributed by atoms with Gasteiger partial charge in [-0.05, 0) is 26.4 Å². The van der Waals surface area contributed by atoms with Gasteiger partial charge in [-0.3, -0.25) is 9.69 Å². The van der Waals surface area contributed by atoms with Crippen LogP contribution in [0.25, 0.3) is 0 Å². The highest BCUT2D eigenvalue weighted by molar-refractivity contribution is 5.75. The van der Waals surface area contributed by atoms with Crippen LogP contribution >= 0.6 is 0 Å². The van der Waals surface area contributed by atoms with Gasteiger partial charge in [0.15, 0.2) is 0 Å². The summed E-state index contributed by atoms with van der Waals surface area (Å²) >= 11 is 0. The quantitative estimate of drug-likeness (QED) is 0.804. The number of carboxylic acids is 1. The Bertz CT molecular complexity index is 324. The lowest BCUT2D eigenvalue weighted by Gasteiger charge is -2.33. The fraction of sp³-hybridized carbons (Fsp3) is 0.929. The Morgan fingerprint density at radius 3 is 2.89 bits per heavy atom. The molecular weight excluding hydrogens is 244 g/mol. The van der Waals surface area contributed by atoms with Crippen LogP contribution in [0.15, 0.2) is 0 Å². The zero-order valence-electron chi connectivity index (χ0n) is 12.1. The second-order valence-electron chi connectivity index (χ2n) is 6.08. The van der Waals surface area contributed by atoms with Gasteiger partial charge in [-0.15, -0.1) is 0 Å². The molecule has 1 N–H and O–H groups in total. The van der Waals surface area contributed by atoms with Gasteiger partial charge in [0.25, 0.3) is 0 Å². The molecule has 0 aliphatic carbocycles. The van der Waals surface area contributed by atoms with Crippen LogP contribution in [0, 0.1) is 5.41 Å². The molecule has 0 aromatic carbocycles. The summed E-state index contributed by atoms with van der Waals surface area (Å²) in [6.07, 6.45) is 2.72. The highest BCUT2D eigenvalue weighted by atomic mass is 16.5. The number of hydrogen-bond acceptors (Lipinski definition) is 4. The number of nitrogens with zero attached hydrogens (tertiary/aromatic N) is 2. The average Bonchev–Trinajstić information content (AvgIpc) is 2.74. The van der Waals surface area contributed by atoms with Crippen molar-refractivity contribution in [3.8, 4) is 0 Å². The molecule has 0 bridgehead atoms. The van der Waals surface area contributed by atoms with Crippen LogP contribution in [0.5, 0.6) is 0 Å². The van der Waals surface area contributed by atoms with Crippen molar-refractivity contribution in [2.24, 2.45) is 5.41 Å². The van der Waals surface area contributed by atoms with Crippen molar-refractivity contribution < 1.29 is 14.6 Å². The smallest absolute Gasteiger partial charge is 0.310 e. The maximum absolute atomic E-state index is 11.5. The number of rotatable bonds is 5. The van der Waals surface area contributed by atoms with Crippen molar-refractivity contribution in [1.29, 1.82) is 0 Å². The molecule has 2 heterocycles. The zero-order valence-corrected chi connectivity index (χ0v) is 12.1. The van der Waals surface area contributed by atoms with E-state index >= 15 is 0 Å². The molecule has 19 heavy (non-hydrogen) atoms. The number of likely N-dealkylation sites (N-methyl/N-ethyl adjacent to an activating group) is 1. The van der Waals surface area contributed by atoms with Crippen LogP contribution in [-0.4, -0.2) is 73.4 Å². The highest BCUT2D eigenvalue weighted by Gasteiger charge is 2.44. The SMILES string of the molecule is CCCC1(C(=O)O)CCN(CC2CN(C)CCO2)C1. The van der Waals surface area contributed by atoms with Crippen molar-refractivity contribution in [3.05, 3.63) is 0 Å². The second-order valence-corrected chi connectivity index (χ2v) is 6.08. The third kappa shape index (κ3) is 3.46. The molecule has 2 rings (SSSR count). The van der Waals surface area contributed by atoms with E-state index in [1.54, 1.807) is 0 Å². The fourth-order valence-corrected chi connectivity index (χ4v) is 3.34. The van der Waals surface area contributed by atoms with E-state index in [1.807, 2.05) is 0 Å². The van der Waals surface area contributed by atoms with Crippen LogP contribution in [0.1, 0.15) is 26.2 Å². The molecular formula is C14H26N2O3. The summed E-state index contributed by atoms with van der Waals surface area (Å²) < 4.78 is 5.77. The Morgan fingerprint density at radius 2 is 2.26 bits per heavy atom. The van der Waals surface area contributed by atoms with Gasteiger partial charge in [0.05, 0.1) is 18.1 Å². The first kappa shape index (κ1) is 14.8. The van der Waals surface area contributed by atoms with E-state index in [0.717, 1.165) is 52.0 Å². The lowest BCUT2D eigenvalue weighted by Crippen LogP contribution is -2.46. The van der Waals surface area contributed by atoms with E-state index < -0.39 is 11.4 Å². The molecule has 0 aromatic heterocycles. The number of carboxylic acid groups (broad SMARTS) is 1. The van der Waals surface area contributed by atoms with E-state index in [4.69, 9.17) is 4.74 Å². The molecule has 0 amide bonds. The monoisotopic (exact) mass is 270 g/mol. The van der Waals surface area contributed by atoms with Crippen molar-refractivity contribution >= 4 is 5.97 Å². The van der Waals surface area contributed by atoms with Gasteiger partial charge in [0, 0.05) is 26.2 Å². The Labute approximate surface area is 115 Å². The van der Waals surface area contributed by atoms with Crippen molar-refractivity contribution in [1.82, 2.24) is 9.80 Å². The van der Waals surface area contributed by atoms with Crippen molar-refractivity contribution in [3.63, 3.8) is 0 Å². The van der Waals surface area contributed by atoms with Gasteiger partial charge in [-0.1, -0.05) is 13.3 Å². The summed E-state index contributed by atoms with van der Waals surface area (Å²) in [5.74, 6) is -0.626. The van der Waals surface area contributed by atoms with Crippen LogP contribution < -0.4 is 0 Å². The molecule has 2 fully saturated rings. The van der Waals surface area contributed by atoms with Crippen LogP contribution in [0.2, 0.25) is 0 Å². The number of likely N-dealkylation sites (tertiary alicyclic amines) is 1. The Hall–Kier alpha value is -0.650. The molecule has 0 aromatic rings. The standard InChI is InChI=1S/C14H26N2O3/c1-3-4-14(13(17)18)5-6-16(11-14)10-12-9-15(2)7-8-19-12/h12H,3-11H2,1-2H3,(H,17,18). The first-order valence-electron chi connectivity index (χ1n) is 7.31. The van der Waals surface area contributed by atoms with Gasteiger partial charge < -0.3 is 14.7 Å². The number of ether oxygens (including phenoxy) is 1. The van der Waals surface area contributed by atoms with Gasteiger partial charge in [0.2, 0.25) is 0 Å². The molecule has 2 aliphatic heterocycles. The third-order valence-electron chi connectivity index (χ3n) is 4.42. The molecule has 0 saturated carbocycles. The average molecular weight is 270 g/mol. The van der Waals surface area contributed by atoms with E-state index in [9.17, 15) is 9.90 Å². The van der Waals surface area contributed by atoms with Gasteiger partial charge in [0.1, 0.15) is 0 Å². The maximum Gasteiger partial charge on any atom is 0.310 e. The number of aliphatic carboxylic acids is 1. The predicted molar refractivity (Wildman–Crippen MR) is 73.3 cm³/mol. The summed E-state index contributed by atoms with van der Waals surface area (Å²) in [4.78, 5) is 16.1. The molecule has 2 aliphatic rings. The predicted octanol–water partition coefficient (Wildman–Crippen LogP) is 0.894. The minimum absolute atomic E-state index is 0.227.